The highest BCUT2D eigenvalue weighted by Crippen LogP contribution is 2.24. The van der Waals surface area contributed by atoms with Gasteiger partial charge in [0.05, 0.1) is 12.0 Å². The second kappa shape index (κ2) is 9.00. The third-order valence-corrected chi connectivity index (χ3v) is 3.98. The molecule has 2 amide bonds. The number of nitro groups is 1. The van der Waals surface area contributed by atoms with Gasteiger partial charge in [-0.25, -0.2) is 0 Å². The van der Waals surface area contributed by atoms with Crippen LogP contribution in [0.4, 0.5) is 11.4 Å². The largest absolute Gasteiger partial charge is 0.497 e. The number of ether oxygens (including phenoxy) is 1. The number of nitrogens with one attached hydrogen (secondary N) is 1. The van der Waals surface area contributed by atoms with Crippen LogP contribution >= 0.6 is 11.6 Å². The highest BCUT2D eigenvalue weighted by molar-refractivity contribution is 6.31. The fourth-order valence-corrected chi connectivity index (χ4v) is 2.58. The molecule has 0 bridgehead atoms. The SMILES string of the molecule is CCN(CC(=O)Nc1cccc(OC)c1)C(=O)c1cc(Cl)ccc1[N+](=O)[O-]. The Kier molecular flexibility index (Phi) is 6.73. The van der Waals surface area contributed by atoms with Gasteiger partial charge in [0, 0.05) is 29.4 Å². The number of methoxy groups -OCH3 is 1. The van der Waals surface area contributed by atoms with E-state index in [-0.39, 0.29) is 29.4 Å². The number of nitro benzene ring substituents is 1. The van der Waals surface area contributed by atoms with Crippen molar-refractivity contribution in [2.24, 2.45) is 0 Å². The van der Waals surface area contributed by atoms with Crippen LogP contribution in [0.5, 0.6) is 5.75 Å². The van der Waals surface area contributed by atoms with Gasteiger partial charge in [0.25, 0.3) is 11.6 Å². The van der Waals surface area contributed by atoms with E-state index in [1.54, 1.807) is 31.2 Å². The quantitative estimate of drug-likeness (QED) is 0.576. The first-order valence-corrected chi connectivity index (χ1v) is 8.40. The van der Waals surface area contributed by atoms with Gasteiger partial charge in [-0.05, 0) is 31.2 Å². The third-order valence-electron chi connectivity index (χ3n) is 3.74. The fraction of sp³-hybridized carbons (Fsp3) is 0.222. The molecule has 0 atom stereocenters. The van der Waals surface area contributed by atoms with Crippen LogP contribution in [-0.2, 0) is 4.79 Å². The fourth-order valence-electron chi connectivity index (χ4n) is 2.41. The average molecular weight is 392 g/mol. The van der Waals surface area contributed by atoms with Crippen molar-refractivity contribution < 1.29 is 19.2 Å². The van der Waals surface area contributed by atoms with Gasteiger partial charge in [0.15, 0.2) is 0 Å². The Balaban J connectivity index is 2.16. The first-order valence-electron chi connectivity index (χ1n) is 8.02. The molecule has 0 aliphatic carbocycles. The molecule has 27 heavy (non-hydrogen) atoms. The molecule has 2 rings (SSSR count). The molecule has 8 nitrogen and oxygen atoms in total. The van der Waals surface area contributed by atoms with Gasteiger partial charge in [-0.15, -0.1) is 0 Å². The molecule has 142 valence electrons. The summed E-state index contributed by atoms with van der Waals surface area (Å²) in [5.41, 5.74) is -0.0174. The monoisotopic (exact) mass is 391 g/mol. The van der Waals surface area contributed by atoms with Crippen molar-refractivity contribution >= 4 is 34.8 Å². The van der Waals surface area contributed by atoms with E-state index in [0.29, 0.717) is 11.4 Å². The Bertz CT molecular complexity index is 872. The van der Waals surface area contributed by atoms with Gasteiger partial charge in [-0.3, -0.25) is 19.7 Å². The smallest absolute Gasteiger partial charge is 0.282 e. The van der Waals surface area contributed by atoms with E-state index in [9.17, 15) is 19.7 Å². The number of halogens is 1. The third kappa shape index (κ3) is 5.18. The van der Waals surface area contributed by atoms with E-state index >= 15 is 0 Å². The maximum absolute atomic E-state index is 12.7. The lowest BCUT2D eigenvalue weighted by atomic mass is 10.1. The normalized spacial score (nSPS) is 10.2. The lowest BCUT2D eigenvalue weighted by Gasteiger charge is -2.20. The van der Waals surface area contributed by atoms with Crippen LogP contribution in [-0.4, -0.2) is 41.8 Å². The molecule has 0 saturated heterocycles. The molecule has 0 fully saturated rings. The number of hydrogen-bond donors (Lipinski definition) is 1. The zero-order chi connectivity index (χ0) is 20.0. The van der Waals surface area contributed by atoms with Crippen molar-refractivity contribution in [2.75, 3.05) is 25.5 Å². The minimum absolute atomic E-state index is 0.163. The summed E-state index contributed by atoms with van der Waals surface area (Å²) in [4.78, 5) is 36.7. The van der Waals surface area contributed by atoms with Gasteiger partial charge in [0.2, 0.25) is 5.91 Å². The van der Waals surface area contributed by atoms with Crippen molar-refractivity contribution in [3.63, 3.8) is 0 Å². The molecule has 1 N–H and O–H groups in total. The molecule has 0 saturated carbocycles. The van der Waals surface area contributed by atoms with E-state index in [2.05, 4.69) is 5.32 Å². The van der Waals surface area contributed by atoms with Gasteiger partial charge >= 0.3 is 0 Å². The van der Waals surface area contributed by atoms with Crippen molar-refractivity contribution in [3.05, 3.63) is 63.2 Å². The van der Waals surface area contributed by atoms with E-state index in [1.807, 2.05) is 0 Å². The van der Waals surface area contributed by atoms with Crippen LogP contribution in [0.2, 0.25) is 5.02 Å². The van der Waals surface area contributed by atoms with Gasteiger partial charge in [-0.2, -0.15) is 0 Å². The highest BCUT2D eigenvalue weighted by Gasteiger charge is 2.25. The molecule has 0 aromatic heterocycles. The summed E-state index contributed by atoms with van der Waals surface area (Å²) in [6.45, 7) is 1.59. The van der Waals surface area contributed by atoms with Gasteiger partial charge < -0.3 is 15.0 Å². The summed E-state index contributed by atoms with van der Waals surface area (Å²) < 4.78 is 5.09. The molecule has 0 unspecified atom stereocenters. The Labute approximate surface area is 160 Å². The molecular weight excluding hydrogens is 374 g/mol. The van der Waals surface area contributed by atoms with Gasteiger partial charge in [-0.1, -0.05) is 17.7 Å². The van der Waals surface area contributed by atoms with Crippen LogP contribution in [0.1, 0.15) is 17.3 Å². The molecule has 0 aliphatic heterocycles. The van der Waals surface area contributed by atoms with E-state index in [0.717, 1.165) is 0 Å². The minimum Gasteiger partial charge on any atom is -0.497 e. The van der Waals surface area contributed by atoms with Crippen molar-refractivity contribution in [1.82, 2.24) is 4.90 Å². The zero-order valence-electron chi connectivity index (χ0n) is 14.8. The maximum Gasteiger partial charge on any atom is 0.282 e. The Morgan fingerprint density at radius 3 is 2.63 bits per heavy atom. The number of carbonyl (C=O) groups excluding carboxylic acids is 2. The van der Waals surface area contributed by atoms with Crippen LogP contribution in [0.15, 0.2) is 42.5 Å². The number of amides is 2. The Hall–Kier alpha value is -3.13. The minimum atomic E-state index is -0.659. The molecule has 0 radical (unpaired) electrons. The number of carbonyl (C=O) groups is 2. The highest BCUT2D eigenvalue weighted by atomic mass is 35.5. The first kappa shape index (κ1) is 20.2. The molecular formula is C18H18ClN3O5. The molecule has 2 aromatic rings. The van der Waals surface area contributed by atoms with Crippen LogP contribution in [0.3, 0.4) is 0 Å². The van der Waals surface area contributed by atoms with Crippen LogP contribution in [0.25, 0.3) is 0 Å². The van der Waals surface area contributed by atoms with Crippen molar-refractivity contribution in [3.8, 4) is 5.75 Å². The molecule has 0 spiro atoms. The average Bonchev–Trinajstić information content (AvgIpc) is 2.65. The standard InChI is InChI=1S/C18H18ClN3O5/c1-3-21(11-17(23)20-13-5-4-6-14(10-13)27-2)18(24)15-9-12(19)7-8-16(15)22(25)26/h4-10H,3,11H2,1-2H3,(H,20,23). The van der Waals surface area contributed by atoms with E-state index in [1.165, 1.54) is 30.2 Å². The second-order valence-electron chi connectivity index (χ2n) is 5.52. The number of hydrogen-bond acceptors (Lipinski definition) is 5. The summed E-state index contributed by atoms with van der Waals surface area (Å²) in [7, 11) is 1.51. The Morgan fingerprint density at radius 2 is 2.00 bits per heavy atom. The number of nitrogens with zero attached hydrogens (tertiary/aromatic N) is 2. The molecule has 0 aliphatic rings. The predicted molar refractivity (Wildman–Crippen MR) is 101 cm³/mol. The summed E-state index contributed by atoms with van der Waals surface area (Å²) >= 11 is 5.87. The first-order chi connectivity index (χ1) is 12.8. The summed E-state index contributed by atoms with van der Waals surface area (Å²) in [6.07, 6.45) is 0. The lowest BCUT2D eigenvalue weighted by Crippen LogP contribution is -2.38. The van der Waals surface area contributed by atoms with Crippen LogP contribution < -0.4 is 10.1 Å². The molecule has 0 heterocycles. The van der Waals surface area contributed by atoms with Crippen molar-refractivity contribution in [2.45, 2.75) is 6.92 Å². The van der Waals surface area contributed by atoms with E-state index in [4.69, 9.17) is 16.3 Å². The van der Waals surface area contributed by atoms with E-state index < -0.39 is 16.7 Å². The molecule has 9 heteroatoms. The summed E-state index contributed by atoms with van der Waals surface area (Å²) in [5, 5.41) is 14.0. The van der Waals surface area contributed by atoms with Crippen molar-refractivity contribution in [1.29, 1.82) is 0 Å². The number of likely N-dealkylation sites (N-methyl/N-ethyl adjacent to an activating group) is 1. The number of benzene rings is 2. The maximum atomic E-state index is 12.7. The predicted octanol–water partition coefficient (Wildman–Crippen LogP) is 3.36. The zero-order valence-corrected chi connectivity index (χ0v) is 15.5. The lowest BCUT2D eigenvalue weighted by molar-refractivity contribution is -0.385. The number of rotatable bonds is 7. The Morgan fingerprint density at radius 1 is 1.26 bits per heavy atom. The van der Waals surface area contributed by atoms with Crippen LogP contribution in [0, 0.1) is 10.1 Å². The summed E-state index contributed by atoms with van der Waals surface area (Å²) in [5.74, 6) is -0.513. The van der Waals surface area contributed by atoms with Gasteiger partial charge in [0.1, 0.15) is 17.9 Å². The topological polar surface area (TPSA) is 102 Å². The summed E-state index contributed by atoms with van der Waals surface area (Å²) in [6, 6.07) is 10.5. The molecule has 2 aromatic carbocycles. The number of anilines is 1. The second-order valence-corrected chi connectivity index (χ2v) is 5.95.